The lowest BCUT2D eigenvalue weighted by Gasteiger charge is -2.43. The van der Waals surface area contributed by atoms with Crippen molar-refractivity contribution in [2.45, 2.75) is 26.2 Å². The van der Waals surface area contributed by atoms with Crippen molar-refractivity contribution in [3.8, 4) is 5.75 Å². The predicted molar refractivity (Wildman–Crippen MR) is 144 cm³/mol. The van der Waals surface area contributed by atoms with E-state index in [0.717, 1.165) is 50.5 Å². The summed E-state index contributed by atoms with van der Waals surface area (Å²) < 4.78 is 6.19. The van der Waals surface area contributed by atoms with Crippen molar-refractivity contribution in [3.05, 3.63) is 59.1 Å². The minimum atomic E-state index is -0.433. The number of piperidine rings is 1. The maximum Gasteiger partial charge on any atom is 0.241 e. The van der Waals surface area contributed by atoms with Gasteiger partial charge in [0.05, 0.1) is 13.2 Å². The molecule has 1 N–H and O–H groups in total. The van der Waals surface area contributed by atoms with E-state index in [9.17, 15) is 9.59 Å². The molecule has 0 radical (unpaired) electrons. The zero-order chi connectivity index (χ0) is 25.5. The second kappa shape index (κ2) is 12.0. The Morgan fingerprint density at radius 2 is 1.64 bits per heavy atom. The molecule has 2 heterocycles. The van der Waals surface area contributed by atoms with Crippen molar-refractivity contribution < 1.29 is 14.3 Å². The number of rotatable bonds is 8. The van der Waals surface area contributed by atoms with Crippen molar-refractivity contribution in [2.24, 2.45) is 5.41 Å². The predicted octanol–water partition coefficient (Wildman–Crippen LogP) is 3.91. The Labute approximate surface area is 219 Å². The first-order valence-electron chi connectivity index (χ1n) is 12.7. The van der Waals surface area contributed by atoms with E-state index >= 15 is 0 Å². The lowest BCUT2D eigenvalue weighted by Crippen LogP contribution is -2.53. The molecule has 8 heteroatoms. The summed E-state index contributed by atoms with van der Waals surface area (Å²) in [5.74, 6) is 0.906. The summed E-state index contributed by atoms with van der Waals surface area (Å²) in [5.41, 5.74) is 1.67. The molecule has 0 unspecified atom stereocenters. The molecule has 2 aromatic carbocycles. The Bertz CT molecular complexity index is 1020. The third-order valence-corrected chi connectivity index (χ3v) is 7.50. The molecule has 0 aliphatic carbocycles. The number of aryl methyl sites for hydroxylation is 1. The molecule has 194 valence electrons. The van der Waals surface area contributed by atoms with Gasteiger partial charge in [-0.1, -0.05) is 29.3 Å². The van der Waals surface area contributed by atoms with Crippen LogP contribution in [0.1, 0.15) is 24.8 Å². The number of anilines is 1. The van der Waals surface area contributed by atoms with Crippen molar-refractivity contribution >= 4 is 29.1 Å². The van der Waals surface area contributed by atoms with Gasteiger partial charge >= 0.3 is 0 Å². The van der Waals surface area contributed by atoms with Crippen LogP contribution in [0.2, 0.25) is 5.02 Å². The molecule has 1 atom stereocenters. The molecular weight excluding hydrogens is 476 g/mol. The number of ether oxygens (including phenoxy) is 1. The molecule has 0 bridgehead atoms. The van der Waals surface area contributed by atoms with E-state index in [1.807, 2.05) is 53.1 Å². The van der Waals surface area contributed by atoms with E-state index in [0.29, 0.717) is 31.1 Å². The zero-order valence-electron chi connectivity index (χ0n) is 21.3. The number of carbonyl (C=O) groups is 2. The molecular formula is C28H37ClN4O3. The lowest BCUT2D eigenvalue weighted by atomic mass is 9.77. The number of nitrogens with zero attached hydrogens (tertiary/aromatic N) is 3. The first kappa shape index (κ1) is 26.3. The average Bonchev–Trinajstić information content (AvgIpc) is 2.88. The van der Waals surface area contributed by atoms with E-state index in [-0.39, 0.29) is 18.4 Å². The Morgan fingerprint density at radius 3 is 2.33 bits per heavy atom. The fourth-order valence-electron chi connectivity index (χ4n) is 4.95. The summed E-state index contributed by atoms with van der Waals surface area (Å²) in [4.78, 5) is 32.6. The second-order valence-electron chi connectivity index (χ2n) is 10.2. The molecule has 2 aliphatic heterocycles. The quantitative estimate of drug-likeness (QED) is 0.581. The Balaban J connectivity index is 1.43. The minimum absolute atomic E-state index is 0.0400. The standard InChI is InChI=1S/C28H37ClN4O3/c1-22-4-8-24(9-5-22)30-19-27(35)33-13-3-12-28(20-33,21-36-25-10-6-23(29)7-11-25)18-26(34)32-16-14-31(2)15-17-32/h4-11,30H,3,12-21H2,1-2H3/t28-/m0/s1. The molecule has 2 aromatic rings. The van der Waals surface area contributed by atoms with Crippen LogP contribution in [-0.4, -0.2) is 86.0 Å². The molecule has 2 amide bonds. The molecule has 2 saturated heterocycles. The summed E-state index contributed by atoms with van der Waals surface area (Å²) in [7, 11) is 2.08. The Morgan fingerprint density at radius 1 is 0.944 bits per heavy atom. The number of amides is 2. The first-order valence-corrected chi connectivity index (χ1v) is 13.1. The molecule has 36 heavy (non-hydrogen) atoms. The largest absolute Gasteiger partial charge is 0.493 e. The van der Waals surface area contributed by atoms with Gasteiger partial charge in [0.25, 0.3) is 0 Å². The van der Waals surface area contributed by atoms with E-state index in [2.05, 4.69) is 17.3 Å². The summed E-state index contributed by atoms with van der Waals surface area (Å²) in [6.45, 7) is 7.10. The Kier molecular flexibility index (Phi) is 8.75. The van der Waals surface area contributed by atoms with Gasteiger partial charge in [-0.25, -0.2) is 0 Å². The van der Waals surface area contributed by atoms with E-state index in [1.165, 1.54) is 5.56 Å². The highest BCUT2D eigenvalue weighted by Gasteiger charge is 2.41. The van der Waals surface area contributed by atoms with Crippen LogP contribution in [0.15, 0.2) is 48.5 Å². The third-order valence-electron chi connectivity index (χ3n) is 7.25. The zero-order valence-corrected chi connectivity index (χ0v) is 22.1. The molecule has 7 nitrogen and oxygen atoms in total. The van der Waals surface area contributed by atoms with E-state index < -0.39 is 5.41 Å². The van der Waals surface area contributed by atoms with Crippen LogP contribution in [0.25, 0.3) is 0 Å². The maximum atomic E-state index is 13.4. The number of nitrogens with one attached hydrogen (secondary N) is 1. The molecule has 4 rings (SSSR count). The van der Waals surface area contributed by atoms with Gasteiger partial charge in [0.15, 0.2) is 0 Å². The normalized spacial score (nSPS) is 20.8. The van der Waals surface area contributed by atoms with Gasteiger partial charge in [-0.05, 0) is 63.2 Å². The summed E-state index contributed by atoms with van der Waals surface area (Å²) in [5, 5.41) is 3.89. The van der Waals surface area contributed by atoms with Crippen LogP contribution in [0.5, 0.6) is 5.75 Å². The van der Waals surface area contributed by atoms with Crippen LogP contribution in [0.3, 0.4) is 0 Å². The number of carbonyl (C=O) groups excluding carboxylic acids is 2. The minimum Gasteiger partial charge on any atom is -0.493 e. The van der Waals surface area contributed by atoms with Crippen molar-refractivity contribution in [2.75, 3.05) is 64.8 Å². The van der Waals surface area contributed by atoms with Gasteiger partial charge in [-0.3, -0.25) is 9.59 Å². The highest BCUT2D eigenvalue weighted by atomic mass is 35.5. The number of halogens is 1. The fourth-order valence-corrected chi connectivity index (χ4v) is 5.08. The third kappa shape index (κ3) is 7.14. The first-order chi connectivity index (χ1) is 17.3. The van der Waals surface area contributed by atoms with Crippen LogP contribution in [-0.2, 0) is 9.59 Å². The average molecular weight is 513 g/mol. The number of hydrogen-bond acceptors (Lipinski definition) is 5. The topological polar surface area (TPSA) is 65.1 Å². The van der Waals surface area contributed by atoms with Gasteiger partial charge in [-0.15, -0.1) is 0 Å². The molecule has 2 aliphatic rings. The monoisotopic (exact) mass is 512 g/mol. The number of likely N-dealkylation sites (N-methyl/N-ethyl adjacent to an activating group) is 1. The SMILES string of the molecule is Cc1ccc(NCC(=O)N2CCC[C@](COc3ccc(Cl)cc3)(CC(=O)N3CCN(C)CC3)C2)cc1. The summed E-state index contributed by atoms with van der Waals surface area (Å²) in [6, 6.07) is 15.3. The van der Waals surface area contributed by atoms with E-state index in [1.54, 1.807) is 12.1 Å². The molecule has 0 saturated carbocycles. The molecule has 0 aromatic heterocycles. The second-order valence-corrected chi connectivity index (χ2v) is 10.7. The molecule has 0 spiro atoms. The van der Waals surface area contributed by atoms with Crippen LogP contribution < -0.4 is 10.1 Å². The van der Waals surface area contributed by atoms with Crippen molar-refractivity contribution in [1.29, 1.82) is 0 Å². The maximum absolute atomic E-state index is 13.4. The number of hydrogen-bond donors (Lipinski definition) is 1. The van der Waals surface area contributed by atoms with Gasteiger partial charge in [0, 0.05) is 61.8 Å². The van der Waals surface area contributed by atoms with Crippen LogP contribution in [0.4, 0.5) is 5.69 Å². The fraction of sp³-hybridized carbons (Fsp3) is 0.500. The number of likely N-dealkylation sites (tertiary alicyclic amines) is 1. The highest BCUT2D eigenvalue weighted by Crippen LogP contribution is 2.35. The lowest BCUT2D eigenvalue weighted by molar-refractivity contribution is -0.141. The van der Waals surface area contributed by atoms with E-state index in [4.69, 9.17) is 16.3 Å². The Hall–Kier alpha value is -2.77. The smallest absolute Gasteiger partial charge is 0.241 e. The van der Waals surface area contributed by atoms with Gasteiger partial charge in [0.2, 0.25) is 11.8 Å². The number of benzene rings is 2. The van der Waals surface area contributed by atoms with Gasteiger partial charge in [-0.2, -0.15) is 0 Å². The van der Waals surface area contributed by atoms with Gasteiger partial charge in [0.1, 0.15) is 5.75 Å². The summed E-state index contributed by atoms with van der Waals surface area (Å²) in [6.07, 6.45) is 2.06. The van der Waals surface area contributed by atoms with Gasteiger partial charge < -0.3 is 24.8 Å². The van der Waals surface area contributed by atoms with Crippen LogP contribution in [0, 0.1) is 12.3 Å². The van der Waals surface area contributed by atoms with Crippen molar-refractivity contribution in [1.82, 2.24) is 14.7 Å². The number of piperazine rings is 1. The van der Waals surface area contributed by atoms with Crippen LogP contribution >= 0.6 is 11.6 Å². The summed E-state index contributed by atoms with van der Waals surface area (Å²) >= 11 is 6.03. The van der Waals surface area contributed by atoms with Crippen molar-refractivity contribution in [3.63, 3.8) is 0 Å². The highest BCUT2D eigenvalue weighted by molar-refractivity contribution is 6.30. The molecule has 2 fully saturated rings.